The van der Waals surface area contributed by atoms with Gasteiger partial charge in [0.25, 0.3) is 0 Å². The topological polar surface area (TPSA) is 63.3 Å². The highest BCUT2D eigenvalue weighted by atomic mass is 28.3. The van der Waals surface area contributed by atoms with Gasteiger partial charge in [0.1, 0.15) is 0 Å². The first kappa shape index (κ1) is 8.65. The molecule has 0 aliphatic carbocycles. The third-order valence-electron chi connectivity index (χ3n) is 1.20. The Morgan fingerprint density at radius 2 is 1.89 bits per heavy atom. The van der Waals surface area contributed by atoms with Crippen molar-refractivity contribution in [1.29, 1.82) is 0 Å². The van der Waals surface area contributed by atoms with Crippen LogP contribution in [0.1, 0.15) is 0 Å². The van der Waals surface area contributed by atoms with Crippen LogP contribution >= 0.6 is 0 Å². The molecule has 0 rings (SSSR count). The van der Waals surface area contributed by atoms with Gasteiger partial charge in [-0.1, -0.05) is 19.6 Å². The predicted molar refractivity (Wildman–Crippen MR) is 39.0 cm³/mol. The Balaban J connectivity index is 4.04. The van der Waals surface area contributed by atoms with E-state index >= 15 is 0 Å². The van der Waals surface area contributed by atoms with Crippen LogP contribution in [-0.4, -0.2) is 24.8 Å². The van der Waals surface area contributed by atoms with Crippen LogP contribution in [0.4, 0.5) is 0 Å². The number of carbonyl (C=O) groups is 1. The van der Waals surface area contributed by atoms with Gasteiger partial charge < -0.3 is 10.8 Å². The first-order valence-electron chi connectivity index (χ1n) is 2.84. The van der Waals surface area contributed by atoms with Gasteiger partial charge in [-0.15, -0.1) is 0 Å². The Morgan fingerprint density at radius 3 is 1.89 bits per heavy atom. The molecular formula is C5H13NO2Si. The summed E-state index contributed by atoms with van der Waals surface area (Å²) in [6, 6.07) is 0. The maximum atomic E-state index is 10.3. The lowest BCUT2D eigenvalue weighted by Gasteiger charge is -2.19. The van der Waals surface area contributed by atoms with Crippen molar-refractivity contribution < 1.29 is 9.90 Å². The molecule has 4 heteroatoms. The van der Waals surface area contributed by atoms with Crippen molar-refractivity contribution in [2.75, 3.05) is 0 Å². The zero-order chi connectivity index (χ0) is 7.65. The standard InChI is InChI=1S/C5H13NO2Si/c1-9(2,3)4(6)5(7)8/h4H,6H2,1-3H3,(H,7,8). The molecule has 0 aromatic carbocycles. The van der Waals surface area contributed by atoms with Crippen LogP contribution < -0.4 is 5.73 Å². The fourth-order valence-electron chi connectivity index (χ4n) is 0.370. The summed E-state index contributed by atoms with van der Waals surface area (Å²) in [6.45, 7) is 5.81. The average molecular weight is 147 g/mol. The summed E-state index contributed by atoms with van der Waals surface area (Å²) < 4.78 is 0. The Labute approximate surface area is 55.9 Å². The Bertz CT molecular complexity index is 119. The number of carboxylic acid groups (broad SMARTS) is 1. The normalized spacial score (nSPS) is 15.1. The summed E-state index contributed by atoms with van der Waals surface area (Å²) in [5.41, 5.74) is 4.73. The van der Waals surface area contributed by atoms with Crippen LogP contribution in [0.15, 0.2) is 0 Å². The first-order valence-corrected chi connectivity index (χ1v) is 6.42. The lowest BCUT2D eigenvalue weighted by Crippen LogP contribution is -2.50. The summed E-state index contributed by atoms with van der Waals surface area (Å²) in [5.74, 6) is -0.880. The average Bonchev–Trinajstić information content (AvgIpc) is 1.62. The molecule has 0 spiro atoms. The van der Waals surface area contributed by atoms with Gasteiger partial charge in [-0.2, -0.15) is 0 Å². The van der Waals surface area contributed by atoms with Gasteiger partial charge in [0.05, 0.1) is 13.7 Å². The third-order valence-corrected chi connectivity index (χ3v) is 3.31. The highest BCUT2D eigenvalue weighted by Gasteiger charge is 2.28. The Morgan fingerprint density at radius 1 is 1.56 bits per heavy atom. The van der Waals surface area contributed by atoms with Crippen LogP contribution in [0.2, 0.25) is 19.6 Å². The minimum Gasteiger partial charge on any atom is -0.480 e. The molecule has 1 atom stereocenters. The summed E-state index contributed by atoms with van der Waals surface area (Å²) in [4.78, 5) is 10.3. The van der Waals surface area contributed by atoms with Crippen LogP contribution in [0.5, 0.6) is 0 Å². The molecule has 0 saturated carbocycles. The molecule has 0 aromatic rings. The van der Waals surface area contributed by atoms with Gasteiger partial charge in [-0.3, -0.25) is 4.79 Å². The number of hydrogen-bond donors (Lipinski definition) is 2. The van der Waals surface area contributed by atoms with Gasteiger partial charge in [0.15, 0.2) is 0 Å². The second-order valence-electron chi connectivity index (χ2n) is 3.18. The summed E-state index contributed by atoms with van der Waals surface area (Å²) >= 11 is 0. The van der Waals surface area contributed by atoms with Crippen LogP contribution in [0.3, 0.4) is 0 Å². The lowest BCUT2D eigenvalue weighted by molar-refractivity contribution is -0.136. The molecule has 3 N–H and O–H groups in total. The number of nitrogens with two attached hydrogens (primary N) is 1. The molecule has 0 fully saturated rings. The predicted octanol–water partition coefficient (Wildman–Crippen LogP) is 0.276. The number of hydrogen-bond acceptors (Lipinski definition) is 2. The van der Waals surface area contributed by atoms with Crippen molar-refractivity contribution in [3.63, 3.8) is 0 Å². The van der Waals surface area contributed by atoms with Crippen molar-refractivity contribution in [2.24, 2.45) is 5.73 Å². The van der Waals surface area contributed by atoms with Crippen molar-refractivity contribution in [2.45, 2.75) is 25.3 Å². The molecule has 54 valence electrons. The quantitative estimate of drug-likeness (QED) is 0.551. The van der Waals surface area contributed by atoms with E-state index in [4.69, 9.17) is 10.8 Å². The fraction of sp³-hybridized carbons (Fsp3) is 0.800. The second kappa shape index (κ2) is 2.49. The Hall–Kier alpha value is -0.353. The molecule has 0 radical (unpaired) electrons. The zero-order valence-electron chi connectivity index (χ0n) is 6.01. The van der Waals surface area contributed by atoms with Crippen molar-refractivity contribution in [3.05, 3.63) is 0 Å². The van der Waals surface area contributed by atoms with E-state index in [0.29, 0.717) is 0 Å². The molecule has 9 heavy (non-hydrogen) atoms. The van der Waals surface area contributed by atoms with Crippen molar-refractivity contribution >= 4 is 14.0 Å². The van der Waals surface area contributed by atoms with E-state index in [-0.39, 0.29) is 0 Å². The molecular weight excluding hydrogens is 134 g/mol. The van der Waals surface area contributed by atoms with Gasteiger partial charge in [0, 0.05) is 0 Å². The maximum absolute atomic E-state index is 10.3. The maximum Gasteiger partial charge on any atom is 0.317 e. The summed E-state index contributed by atoms with van der Waals surface area (Å²) in [7, 11) is -1.65. The van der Waals surface area contributed by atoms with E-state index in [0.717, 1.165) is 0 Å². The minimum atomic E-state index is -1.65. The van der Waals surface area contributed by atoms with Crippen molar-refractivity contribution in [3.8, 4) is 0 Å². The van der Waals surface area contributed by atoms with Gasteiger partial charge >= 0.3 is 5.97 Å². The smallest absolute Gasteiger partial charge is 0.317 e. The second-order valence-corrected chi connectivity index (χ2v) is 8.54. The fourth-order valence-corrected chi connectivity index (χ4v) is 1.11. The van der Waals surface area contributed by atoms with E-state index in [1.807, 2.05) is 19.6 Å². The largest absolute Gasteiger partial charge is 0.480 e. The van der Waals surface area contributed by atoms with Gasteiger partial charge in [-0.05, 0) is 0 Å². The number of rotatable bonds is 2. The van der Waals surface area contributed by atoms with E-state index in [1.165, 1.54) is 0 Å². The van der Waals surface area contributed by atoms with Crippen molar-refractivity contribution in [1.82, 2.24) is 0 Å². The van der Waals surface area contributed by atoms with Crippen LogP contribution in [-0.2, 0) is 4.79 Å². The molecule has 0 aliphatic rings. The molecule has 0 amide bonds. The summed E-state index contributed by atoms with van der Waals surface area (Å²) in [5, 5.41) is 8.43. The van der Waals surface area contributed by atoms with Gasteiger partial charge in [0.2, 0.25) is 0 Å². The zero-order valence-corrected chi connectivity index (χ0v) is 7.01. The number of aliphatic carboxylic acids is 1. The molecule has 0 saturated heterocycles. The summed E-state index contributed by atoms with van der Waals surface area (Å²) in [6.07, 6.45) is 0. The van der Waals surface area contributed by atoms with Crippen LogP contribution in [0, 0.1) is 0 Å². The molecule has 0 bridgehead atoms. The van der Waals surface area contributed by atoms with E-state index in [2.05, 4.69) is 0 Å². The monoisotopic (exact) mass is 147 g/mol. The van der Waals surface area contributed by atoms with E-state index < -0.39 is 19.7 Å². The molecule has 3 nitrogen and oxygen atoms in total. The van der Waals surface area contributed by atoms with Crippen LogP contribution in [0.25, 0.3) is 0 Å². The third kappa shape index (κ3) is 2.62. The SMILES string of the molecule is C[Si](C)(C)C(N)C(=O)O. The number of carboxylic acids is 1. The minimum absolute atomic E-state index is 0.627. The Kier molecular flexibility index (Phi) is 2.39. The van der Waals surface area contributed by atoms with Gasteiger partial charge in [-0.25, -0.2) is 0 Å². The highest BCUT2D eigenvalue weighted by Crippen LogP contribution is 2.04. The first-order chi connectivity index (χ1) is 3.85. The molecule has 0 aliphatic heterocycles. The highest BCUT2D eigenvalue weighted by molar-refractivity contribution is 6.80. The molecule has 1 unspecified atom stereocenters. The van der Waals surface area contributed by atoms with E-state index in [1.54, 1.807) is 0 Å². The van der Waals surface area contributed by atoms with E-state index in [9.17, 15) is 4.79 Å². The lowest BCUT2D eigenvalue weighted by atomic mass is 10.7. The molecule has 0 heterocycles. The molecule has 0 aromatic heterocycles.